The number of halogens is 3. The summed E-state index contributed by atoms with van der Waals surface area (Å²) in [5.41, 5.74) is 11.1. The molecular formula is C62H97Cl3SiTi. The van der Waals surface area contributed by atoms with Crippen LogP contribution in [-0.4, -0.2) is 8.07 Å². The predicted molar refractivity (Wildman–Crippen MR) is 285 cm³/mol. The summed E-state index contributed by atoms with van der Waals surface area (Å²) in [6.45, 7) is 19.0. The van der Waals surface area contributed by atoms with Gasteiger partial charge in [0.25, 0.3) is 0 Å². The monoisotopic (exact) mass is 1020 g/mol. The van der Waals surface area contributed by atoms with E-state index in [0.29, 0.717) is 5.92 Å². The Bertz CT molecular complexity index is 1530. The van der Waals surface area contributed by atoms with Gasteiger partial charge in [-0.1, -0.05) is 247 Å². The molecule has 0 aromatic heterocycles. The molecule has 0 aliphatic heterocycles. The Balaban J connectivity index is 0.0000109. The van der Waals surface area contributed by atoms with E-state index in [0.717, 1.165) is 6.42 Å². The van der Waals surface area contributed by atoms with E-state index in [2.05, 4.69) is 122 Å². The van der Waals surface area contributed by atoms with E-state index < -0.39 is 8.07 Å². The van der Waals surface area contributed by atoms with Gasteiger partial charge in [0, 0.05) is 0 Å². The van der Waals surface area contributed by atoms with Crippen molar-refractivity contribution in [1.29, 1.82) is 0 Å². The molecule has 0 nitrogen and oxygen atoms in total. The molecule has 3 aromatic rings. The fourth-order valence-electron chi connectivity index (χ4n) is 10.6. The molecule has 1 aliphatic carbocycles. The Morgan fingerprint density at radius 2 is 0.612 bits per heavy atom. The van der Waals surface area contributed by atoms with E-state index in [9.17, 15) is 0 Å². The van der Waals surface area contributed by atoms with Crippen molar-refractivity contribution in [3.63, 3.8) is 0 Å². The zero-order valence-corrected chi connectivity index (χ0v) is 49.2. The third-order valence-corrected chi connectivity index (χ3v) is 19.0. The second kappa shape index (κ2) is 38.6. The van der Waals surface area contributed by atoms with Crippen LogP contribution in [0, 0.1) is 12.0 Å². The number of allylic oxidation sites excluding steroid dienone is 4. The second-order valence-electron chi connectivity index (χ2n) is 20.3. The summed E-state index contributed by atoms with van der Waals surface area (Å²) >= 11 is 0. The van der Waals surface area contributed by atoms with Crippen molar-refractivity contribution < 1.29 is 58.9 Å². The fourth-order valence-corrected chi connectivity index (χ4v) is 16.2. The first kappa shape index (κ1) is 65.9. The van der Waals surface area contributed by atoms with Gasteiger partial charge in [0.1, 0.15) is 0 Å². The van der Waals surface area contributed by atoms with Crippen LogP contribution in [0.15, 0.2) is 71.4 Å². The summed E-state index contributed by atoms with van der Waals surface area (Å²) in [4.78, 5) is 0. The third-order valence-electron chi connectivity index (χ3n) is 14.2. The first-order valence-corrected chi connectivity index (χ1v) is 29.6. The molecule has 1 aliphatic rings. The van der Waals surface area contributed by atoms with Crippen molar-refractivity contribution in [2.24, 2.45) is 5.92 Å². The van der Waals surface area contributed by atoms with Crippen LogP contribution < -0.4 is 52.8 Å². The summed E-state index contributed by atoms with van der Waals surface area (Å²) in [6, 6.07) is 24.7. The van der Waals surface area contributed by atoms with Gasteiger partial charge in [-0.15, -0.1) is 6.42 Å². The summed E-state index contributed by atoms with van der Waals surface area (Å²) in [5.74, 6) is 0.438. The molecule has 0 unspecified atom stereocenters. The van der Waals surface area contributed by atoms with Crippen LogP contribution in [0.1, 0.15) is 249 Å². The van der Waals surface area contributed by atoms with Crippen molar-refractivity contribution in [3.05, 3.63) is 111 Å². The van der Waals surface area contributed by atoms with Crippen molar-refractivity contribution in [2.75, 3.05) is 0 Å². The molecule has 0 heterocycles. The molecule has 0 amide bonds. The van der Waals surface area contributed by atoms with E-state index >= 15 is 0 Å². The topological polar surface area (TPSA) is 0 Å². The molecule has 0 radical (unpaired) electrons. The van der Waals surface area contributed by atoms with Gasteiger partial charge < -0.3 is 37.2 Å². The number of aryl methyl sites for hydroxylation is 6. The van der Waals surface area contributed by atoms with E-state index in [1.807, 2.05) is 0 Å². The largest absolute Gasteiger partial charge is 4.00 e. The minimum Gasteiger partial charge on any atom is -1.00 e. The average Bonchev–Trinajstić information content (AvgIpc) is 3.78. The maximum atomic E-state index is 4.06. The van der Waals surface area contributed by atoms with Crippen molar-refractivity contribution in [3.8, 4) is 0 Å². The summed E-state index contributed by atoms with van der Waals surface area (Å²) in [6.07, 6.45) is 46.4. The molecule has 67 heavy (non-hydrogen) atoms. The van der Waals surface area contributed by atoms with Gasteiger partial charge in [0.2, 0.25) is 0 Å². The summed E-state index contributed by atoms with van der Waals surface area (Å²) in [7, 11) is -2.87. The Hall–Kier alpha value is -1.06. The van der Waals surface area contributed by atoms with E-state index in [-0.39, 0.29) is 58.9 Å². The molecule has 0 saturated carbocycles. The summed E-state index contributed by atoms with van der Waals surface area (Å²) < 4.78 is 0. The quantitative estimate of drug-likeness (QED) is 0.0242. The third kappa shape index (κ3) is 21.7. The number of hydrogen-bond acceptors (Lipinski definition) is 0. The van der Waals surface area contributed by atoms with Gasteiger partial charge in [-0.3, -0.25) is 6.08 Å². The number of unbranched alkanes of at least 4 members (excludes halogenated alkanes) is 18. The Labute approximate surface area is 450 Å². The Kier molecular flexibility index (Phi) is 38.0. The zero-order valence-electron chi connectivity index (χ0n) is 44.4. The molecule has 0 bridgehead atoms. The van der Waals surface area contributed by atoms with Crippen LogP contribution in [0.5, 0.6) is 0 Å². The van der Waals surface area contributed by atoms with Gasteiger partial charge in [-0.2, -0.15) is 11.3 Å². The Morgan fingerprint density at radius 3 is 0.821 bits per heavy atom. The molecule has 4 rings (SSSR count). The van der Waals surface area contributed by atoms with E-state index in [4.69, 9.17) is 0 Å². The second-order valence-corrected chi connectivity index (χ2v) is 24.1. The smallest absolute Gasteiger partial charge is 1.00 e. The Morgan fingerprint density at radius 1 is 0.373 bits per heavy atom. The molecule has 0 saturated heterocycles. The summed E-state index contributed by atoms with van der Waals surface area (Å²) in [5, 5.41) is 6.65. The van der Waals surface area contributed by atoms with Gasteiger partial charge in [0.05, 0.1) is 8.07 Å². The van der Waals surface area contributed by atoms with Crippen LogP contribution in [0.3, 0.4) is 0 Å². The minimum atomic E-state index is -2.87. The SMILES string of the molecule is CCCCCCc1cc(CCCCCC)cc([Si](C2=CC[C-]=C2C(C)C)(c2cc(CCCCCC)cc(CCCCCC)c2)c2cc(CCCCCC)cc(CCCCCC)c2)c1.[Cl-].[Cl-].[Cl-].[Ti+4]. The van der Waals surface area contributed by atoms with Crippen LogP contribution >= 0.6 is 0 Å². The number of hydrogen-bond donors (Lipinski definition) is 0. The van der Waals surface area contributed by atoms with Crippen LogP contribution in [0.2, 0.25) is 0 Å². The minimum absolute atomic E-state index is 0. The molecule has 374 valence electrons. The molecule has 0 fully saturated rings. The van der Waals surface area contributed by atoms with Crippen molar-refractivity contribution in [2.45, 2.75) is 254 Å². The van der Waals surface area contributed by atoms with Gasteiger partial charge >= 0.3 is 21.7 Å². The maximum Gasteiger partial charge on any atom is 4.00 e. The van der Waals surface area contributed by atoms with Crippen molar-refractivity contribution in [1.82, 2.24) is 0 Å². The van der Waals surface area contributed by atoms with Gasteiger partial charge in [-0.25, -0.2) is 5.57 Å². The van der Waals surface area contributed by atoms with E-state index in [1.165, 1.54) is 198 Å². The molecular weight excluding hydrogens is 927 g/mol. The van der Waals surface area contributed by atoms with Gasteiger partial charge in [0.15, 0.2) is 0 Å². The van der Waals surface area contributed by atoms with Crippen LogP contribution in [0.25, 0.3) is 0 Å². The van der Waals surface area contributed by atoms with Gasteiger partial charge in [-0.05, 0) is 110 Å². The van der Waals surface area contributed by atoms with Crippen LogP contribution in [0.4, 0.5) is 0 Å². The fraction of sp³-hybridized carbons (Fsp3) is 0.645. The molecule has 5 heteroatoms. The first-order valence-electron chi connectivity index (χ1n) is 27.6. The molecule has 0 N–H and O–H groups in total. The van der Waals surface area contributed by atoms with Crippen molar-refractivity contribution >= 4 is 23.6 Å². The molecule has 0 atom stereocenters. The first-order chi connectivity index (χ1) is 30.8. The molecule has 0 spiro atoms. The predicted octanol–water partition coefficient (Wildman–Crippen LogP) is 8.16. The maximum absolute atomic E-state index is 4.06. The normalized spacial score (nSPS) is 12.3. The standard InChI is InChI=1S/C62H97Si.3ClH.Ti/c1-9-15-21-27-34-52-42-53(35-28-22-16-10-2)46-58(45-52)63(62-41-33-40-61(62)51(7)8,59-47-54(36-29-23-17-11-3)43-55(48-59)37-30-24-18-12-4)60-49-56(38-31-25-19-13-5)44-57(50-60)39-32-26-20-14-6;;;;/h41-51H,9-39H2,1-8H3;3*1H;/q-1;;;;+4/p-3. The van der Waals surface area contributed by atoms with E-state index in [1.54, 1.807) is 54.1 Å². The molecule has 3 aromatic carbocycles. The average molecular weight is 1020 g/mol. The van der Waals surface area contributed by atoms with Crippen LogP contribution in [-0.2, 0) is 60.2 Å². The number of benzene rings is 3. The zero-order chi connectivity index (χ0) is 45.1. The number of rotatable bonds is 35.